The summed E-state index contributed by atoms with van der Waals surface area (Å²) in [6, 6.07) is 4.52. The van der Waals surface area contributed by atoms with Crippen molar-refractivity contribution < 1.29 is 9.18 Å². The second kappa shape index (κ2) is 5.29. The Morgan fingerprint density at radius 2 is 2.29 bits per heavy atom. The van der Waals surface area contributed by atoms with Crippen molar-refractivity contribution in [1.82, 2.24) is 5.32 Å². The summed E-state index contributed by atoms with van der Waals surface area (Å²) in [6.45, 7) is 0.733. The van der Waals surface area contributed by atoms with Gasteiger partial charge in [0.25, 0.3) is 0 Å². The number of carbonyl (C=O) groups excluding carboxylic acids is 1. The maximum Gasteiger partial charge on any atom is 0.152 e. The molecule has 0 saturated carbocycles. The molecule has 1 aromatic carbocycles. The predicted molar refractivity (Wildman–Crippen MR) is 54.7 cm³/mol. The van der Waals surface area contributed by atoms with Crippen molar-refractivity contribution in [1.29, 1.82) is 0 Å². The molecule has 0 spiro atoms. The maximum atomic E-state index is 13.1. The van der Waals surface area contributed by atoms with Gasteiger partial charge in [0.05, 0.1) is 5.56 Å². The minimum atomic E-state index is -0.480. The van der Waals surface area contributed by atoms with E-state index < -0.39 is 5.82 Å². The minimum absolute atomic E-state index is 0.0933. The Hall–Kier alpha value is -1.48. The summed E-state index contributed by atoms with van der Waals surface area (Å²) in [7, 11) is 1.83. The fraction of sp³-hybridized carbons (Fsp3) is 0.182. The molecule has 0 fully saturated rings. The van der Waals surface area contributed by atoms with Crippen molar-refractivity contribution in [3.8, 4) is 0 Å². The molecule has 3 heteroatoms. The zero-order chi connectivity index (χ0) is 10.4. The van der Waals surface area contributed by atoms with Crippen LogP contribution in [0.1, 0.15) is 15.9 Å². The quantitative estimate of drug-likeness (QED) is 0.739. The fourth-order valence-corrected chi connectivity index (χ4v) is 1.06. The first-order valence-electron chi connectivity index (χ1n) is 4.34. The van der Waals surface area contributed by atoms with Crippen molar-refractivity contribution in [3.63, 3.8) is 0 Å². The average Bonchev–Trinajstić information content (AvgIpc) is 2.18. The summed E-state index contributed by atoms with van der Waals surface area (Å²) in [6.07, 6.45) is 4.19. The lowest BCUT2D eigenvalue weighted by Gasteiger charge is -1.96. The van der Waals surface area contributed by atoms with Crippen LogP contribution in [0, 0.1) is 5.82 Å². The zero-order valence-electron chi connectivity index (χ0n) is 7.96. The summed E-state index contributed by atoms with van der Waals surface area (Å²) in [5.74, 6) is -0.480. The van der Waals surface area contributed by atoms with Crippen LogP contribution in [-0.4, -0.2) is 19.9 Å². The molecule has 0 aliphatic heterocycles. The number of likely N-dealkylation sites (N-methyl/N-ethyl adjacent to an activating group) is 1. The van der Waals surface area contributed by atoms with Gasteiger partial charge in [0.1, 0.15) is 5.82 Å². The second-order valence-electron chi connectivity index (χ2n) is 2.86. The van der Waals surface area contributed by atoms with Crippen LogP contribution in [0.3, 0.4) is 0 Å². The van der Waals surface area contributed by atoms with Gasteiger partial charge in [0.15, 0.2) is 6.29 Å². The third-order valence-corrected chi connectivity index (χ3v) is 1.78. The molecule has 0 aliphatic rings. The summed E-state index contributed by atoms with van der Waals surface area (Å²) in [5, 5.41) is 2.94. The first-order chi connectivity index (χ1) is 6.77. The van der Waals surface area contributed by atoms with Crippen LogP contribution >= 0.6 is 0 Å². The molecule has 1 N–H and O–H groups in total. The van der Waals surface area contributed by atoms with Gasteiger partial charge in [-0.05, 0) is 24.7 Å². The van der Waals surface area contributed by atoms with E-state index in [0.717, 1.165) is 12.1 Å². The van der Waals surface area contributed by atoms with Crippen molar-refractivity contribution in [2.45, 2.75) is 0 Å². The van der Waals surface area contributed by atoms with Gasteiger partial charge < -0.3 is 5.32 Å². The van der Waals surface area contributed by atoms with Gasteiger partial charge in [-0.3, -0.25) is 4.79 Å². The van der Waals surface area contributed by atoms with Crippen molar-refractivity contribution in [2.75, 3.05) is 13.6 Å². The fourth-order valence-electron chi connectivity index (χ4n) is 1.06. The largest absolute Gasteiger partial charge is 0.316 e. The van der Waals surface area contributed by atoms with Crippen LogP contribution in [0.2, 0.25) is 0 Å². The topological polar surface area (TPSA) is 29.1 Å². The Morgan fingerprint density at radius 1 is 1.50 bits per heavy atom. The molecule has 0 aromatic heterocycles. The number of nitrogens with one attached hydrogen (secondary N) is 1. The Labute approximate surface area is 82.4 Å². The number of halogens is 1. The molecule has 0 unspecified atom stereocenters. The molecule has 0 amide bonds. The van der Waals surface area contributed by atoms with Gasteiger partial charge in [-0.2, -0.15) is 0 Å². The van der Waals surface area contributed by atoms with Crippen LogP contribution in [0.25, 0.3) is 6.08 Å². The number of rotatable bonds is 4. The van der Waals surface area contributed by atoms with Gasteiger partial charge in [0.2, 0.25) is 0 Å². The summed E-state index contributed by atoms with van der Waals surface area (Å²) in [5.41, 5.74) is 0.846. The lowest BCUT2D eigenvalue weighted by Crippen LogP contribution is -2.03. The molecule has 0 bridgehead atoms. The lowest BCUT2D eigenvalue weighted by atomic mass is 10.1. The normalized spacial score (nSPS) is 10.7. The summed E-state index contributed by atoms with van der Waals surface area (Å²) < 4.78 is 13.1. The average molecular weight is 193 g/mol. The molecular formula is C11H12FNO. The Bertz CT molecular complexity index is 347. The molecule has 1 aromatic rings. The molecule has 14 heavy (non-hydrogen) atoms. The number of hydrogen-bond acceptors (Lipinski definition) is 2. The van der Waals surface area contributed by atoms with Crippen LogP contribution < -0.4 is 5.32 Å². The monoisotopic (exact) mass is 193 g/mol. The molecule has 0 heterocycles. The van der Waals surface area contributed by atoms with Gasteiger partial charge >= 0.3 is 0 Å². The highest BCUT2D eigenvalue weighted by atomic mass is 19.1. The zero-order valence-corrected chi connectivity index (χ0v) is 7.96. The van der Waals surface area contributed by atoms with E-state index in [1.807, 2.05) is 13.1 Å². The van der Waals surface area contributed by atoms with E-state index in [9.17, 15) is 9.18 Å². The van der Waals surface area contributed by atoms with E-state index in [4.69, 9.17) is 0 Å². The van der Waals surface area contributed by atoms with E-state index in [1.165, 1.54) is 12.1 Å². The Balaban J connectivity index is 2.81. The Kier molecular flexibility index (Phi) is 4.01. The number of benzene rings is 1. The standard InChI is InChI=1S/C11H12FNO/c1-13-6-2-3-9-4-5-10(8-14)11(12)7-9/h2-5,7-8,13H,6H2,1H3. The van der Waals surface area contributed by atoms with Gasteiger partial charge in [-0.25, -0.2) is 4.39 Å². The third-order valence-electron chi connectivity index (χ3n) is 1.78. The molecule has 1 rings (SSSR count). The Morgan fingerprint density at radius 3 is 2.86 bits per heavy atom. The number of hydrogen-bond donors (Lipinski definition) is 1. The van der Waals surface area contributed by atoms with E-state index >= 15 is 0 Å². The highest BCUT2D eigenvalue weighted by Crippen LogP contribution is 2.09. The van der Waals surface area contributed by atoms with Crippen molar-refractivity contribution >= 4 is 12.4 Å². The van der Waals surface area contributed by atoms with Gasteiger partial charge in [-0.15, -0.1) is 0 Å². The lowest BCUT2D eigenvalue weighted by molar-refractivity contribution is 0.112. The van der Waals surface area contributed by atoms with Crippen LogP contribution in [0.5, 0.6) is 0 Å². The van der Waals surface area contributed by atoms with E-state index in [-0.39, 0.29) is 5.56 Å². The van der Waals surface area contributed by atoms with Crippen molar-refractivity contribution in [3.05, 3.63) is 41.2 Å². The highest BCUT2D eigenvalue weighted by molar-refractivity contribution is 5.75. The first-order valence-corrected chi connectivity index (χ1v) is 4.34. The van der Waals surface area contributed by atoms with Crippen LogP contribution in [0.15, 0.2) is 24.3 Å². The smallest absolute Gasteiger partial charge is 0.152 e. The van der Waals surface area contributed by atoms with E-state index in [1.54, 1.807) is 12.1 Å². The summed E-state index contributed by atoms with van der Waals surface area (Å²) >= 11 is 0. The molecule has 0 aliphatic carbocycles. The van der Waals surface area contributed by atoms with Crippen molar-refractivity contribution in [2.24, 2.45) is 0 Å². The predicted octanol–water partition coefficient (Wildman–Crippen LogP) is 1.87. The molecule has 0 atom stereocenters. The molecule has 0 radical (unpaired) electrons. The van der Waals surface area contributed by atoms with Crippen LogP contribution in [0.4, 0.5) is 4.39 Å². The highest BCUT2D eigenvalue weighted by Gasteiger charge is 1.99. The SMILES string of the molecule is CNCC=Cc1ccc(C=O)c(F)c1. The summed E-state index contributed by atoms with van der Waals surface area (Å²) in [4.78, 5) is 10.3. The molecule has 74 valence electrons. The van der Waals surface area contributed by atoms with Crippen LogP contribution in [-0.2, 0) is 0 Å². The van der Waals surface area contributed by atoms with Gasteiger partial charge in [-0.1, -0.05) is 18.2 Å². The number of aldehydes is 1. The van der Waals surface area contributed by atoms with E-state index in [0.29, 0.717) is 6.29 Å². The first kappa shape index (κ1) is 10.6. The molecule has 2 nitrogen and oxygen atoms in total. The second-order valence-corrected chi connectivity index (χ2v) is 2.86. The van der Waals surface area contributed by atoms with E-state index in [2.05, 4.69) is 5.32 Å². The third kappa shape index (κ3) is 2.78. The maximum absolute atomic E-state index is 13.1. The minimum Gasteiger partial charge on any atom is -0.316 e. The molecule has 0 saturated heterocycles. The number of carbonyl (C=O) groups is 1. The molecular weight excluding hydrogens is 181 g/mol. The van der Waals surface area contributed by atoms with Gasteiger partial charge in [0, 0.05) is 6.54 Å².